The largest absolute Gasteiger partial charge is 0.347 e. The van der Waals surface area contributed by atoms with E-state index in [0.29, 0.717) is 5.56 Å². The van der Waals surface area contributed by atoms with Crippen LogP contribution in [-0.4, -0.2) is 28.5 Å². The van der Waals surface area contributed by atoms with Gasteiger partial charge in [0.15, 0.2) is 5.78 Å². The molecule has 0 saturated carbocycles. The van der Waals surface area contributed by atoms with Crippen LogP contribution in [0.5, 0.6) is 0 Å². The van der Waals surface area contributed by atoms with Gasteiger partial charge >= 0.3 is 0 Å². The lowest BCUT2D eigenvalue weighted by Gasteiger charge is -2.06. The fourth-order valence-corrected chi connectivity index (χ4v) is 1.21. The Bertz CT molecular complexity index is 427. The summed E-state index contributed by atoms with van der Waals surface area (Å²) in [6.07, 6.45) is 2.51. The van der Waals surface area contributed by atoms with Gasteiger partial charge in [-0.3, -0.25) is 19.4 Å². The molecule has 0 aliphatic heterocycles. The first-order valence-corrected chi connectivity index (χ1v) is 5.27. The molecule has 0 fully saturated rings. The van der Waals surface area contributed by atoms with Gasteiger partial charge in [-0.25, -0.2) is 0 Å². The summed E-state index contributed by atoms with van der Waals surface area (Å²) in [6.45, 7) is 3.49. The standard InChI is InChI=1S/C12H14N2O3/c1-8(2)14-12(17)11(16)7-10(15)9-3-5-13-6-4-9/h3-6,8H,7H2,1-2H3,(H,14,17). The highest BCUT2D eigenvalue weighted by molar-refractivity contribution is 6.40. The molecule has 1 amide bonds. The maximum absolute atomic E-state index is 11.6. The lowest BCUT2D eigenvalue weighted by atomic mass is 10.1. The van der Waals surface area contributed by atoms with Gasteiger partial charge in [0, 0.05) is 24.0 Å². The average Bonchev–Trinajstić information content (AvgIpc) is 2.29. The molecule has 1 N–H and O–H groups in total. The third kappa shape index (κ3) is 4.14. The van der Waals surface area contributed by atoms with Crippen LogP contribution in [0.25, 0.3) is 0 Å². The maximum Gasteiger partial charge on any atom is 0.288 e. The molecular weight excluding hydrogens is 220 g/mol. The van der Waals surface area contributed by atoms with E-state index in [2.05, 4.69) is 10.3 Å². The van der Waals surface area contributed by atoms with E-state index in [4.69, 9.17) is 0 Å². The highest BCUT2D eigenvalue weighted by Crippen LogP contribution is 2.02. The number of carbonyl (C=O) groups is 3. The molecule has 1 aromatic heterocycles. The predicted octanol–water partition coefficient (Wildman–Crippen LogP) is 0.748. The Kier molecular flexibility index (Phi) is 4.51. The maximum atomic E-state index is 11.6. The van der Waals surface area contributed by atoms with Crippen molar-refractivity contribution in [3.05, 3.63) is 30.1 Å². The third-order valence-electron chi connectivity index (χ3n) is 2.00. The predicted molar refractivity (Wildman–Crippen MR) is 61.5 cm³/mol. The fourth-order valence-electron chi connectivity index (χ4n) is 1.21. The van der Waals surface area contributed by atoms with Crippen molar-refractivity contribution in [2.24, 2.45) is 0 Å². The number of nitrogens with one attached hydrogen (secondary N) is 1. The van der Waals surface area contributed by atoms with E-state index in [-0.39, 0.29) is 11.8 Å². The average molecular weight is 234 g/mol. The van der Waals surface area contributed by atoms with E-state index >= 15 is 0 Å². The van der Waals surface area contributed by atoms with Gasteiger partial charge in [0.25, 0.3) is 5.91 Å². The van der Waals surface area contributed by atoms with Gasteiger partial charge in [-0.1, -0.05) is 0 Å². The second-order valence-corrected chi connectivity index (χ2v) is 3.89. The number of hydrogen-bond donors (Lipinski definition) is 1. The van der Waals surface area contributed by atoms with Crippen LogP contribution in [0.4, 0.5) is 0 Å². The zero-order chi connectivity index (χ0) is 12.8. The SMILES string of the molecule is CC(C)NC(=O)C(=O)CC(=O)c1ccncc1. The van der Waals surface area contributed by atoms with Crippen molar-refractivity contribution in [3.8, 4) is 0 Å². The first-order valence-electron chi connectivity index (χ1n) is 5.27. The zero-order valence-electron chi connectivity index (χ0n) is 9.77. The van der Waals surface area contributed by atoms with Gasteiger partial charge < -0.3 is 5.32 Å². The number of rotatable bonds is 5. The quantitative estimate of drug-likeness (QED) is 0.463. The van der Waals surface area contributed by atoms with Crippen molar-refractivity contribution < 1.29 is 14.4 Å². The van der Waals surface area contributed by atoms with Crippen LogP contribution in [0.1, 0.15) is 30.6 Å². The first-order chi connectivity index (χ1) is 8.00. The molecular formula is C12H14N2O3. The number of Topliss-reactive ketones (excluding diaryl/α,β-unsaturated/α-hetero) is 2. The van der Waals surface area contributed by atoms with Crippen molar-refractivity contribution in [1.82, 2.24) is 10.3 Å². The molecule has 1 heterocycles. The number of pyridine rings is 1. The fraction of sp³-hybridized carbons (Fsp3) is 0.333. The van der Waals surface area contributed by atoms with E-state index in [9.17, 15) is 14.4 Å². The van der Waals surface area contributed by atoms with Crippen LogP contribution in [0.3, 0.4) is 0 Å². The van der Waals surface area contributed by atoms with Crippen LogP contribution in [0.2, 0.25) is 0 Å². The summed E-state index contributed by atoms with van der Waals surface area (Å²) in [6, 6.07) is 2.90. The smallest absolute Gasteiger partial charge is 0.288 e. The molecule has 0 radical (unpaired) electrons. The minimum absolute atomic E-state index is 0.123. The van der Waals surface area contributed by atoms with Gasteiger partial charge in [0.2, 0.25) is 5.78 Å². The second kappa shape index (κ2) is 5.89. The molecule has 17 heavy (non-hydrogen) atoms. The number of hydrogen-bond acceptors (Lipinski definition) is 4. The molecule has 0 unspecified atom stereocenters. The van der Waals surface area contributed by atoms with Crippen LogP contribution in [-0.2, 0) is 9.59 Å². The van der Waals surface area contributed by atoms with Gasteiger partial charge in [-0.05, 0) is 26.0 Å². The van der Waals surface area contributed by atoms with Crippen molar-refractivity contribution in [3.63, 3.8) is 0 Å². The van der Waals surface area contributed by atoms with Gasteiger partial charge in [0.05, 0.1) is 6.42 Å². The van der Waals surface area contributed by atoms with Gasteiger partial charge in [0.1, 0.15) is 0 Å². The zero-order valence-corrected chi connectivity index (χ0v) is 9.77. The second-order valence-electron chi connectivity index (χ2n) is 3.89. The van der Waals surface area contributed by atoms with E-state index < -0.39 is 18.1 Å². The molecule has 0 aliphatic rings. The Hall–Kier alpha value is -2.04. The summed E-state index contributed by atoms with van der Waals surface area (Å²) in [4.78, 5) is 38.1. The summed E-state index contributed by atoms with van der Waals surface area (Å²) >= 11 is 0. The van der Waals surface area contributed by atoms with Crippen molar-refractivity contribution in [1.29, 1.82) is 0 Å². The minimum Gasteiger partial charge on any atom is -0.347 e. The molecule has 0 bridgehead atoms. The molecule has 0 spiro atoms. The Balaban J connectivity index is 2.58. The van der Waals surface area contributed by atoms with Crippen molar-refractivity contribution in [2.75, 3.05) is 0 Å². The highest BCUT2D eigenvalue weighted by Gasteiger charge is 2.19. The van der Waals surface area contributed by atoms with Crippen LogP contribution >= 0.6 is 0 Å². The molecule has 0 atom stereocenters. The van der Waals surface area contributed by atoms with E-state index in [0.717, 1.165) is 0 Å². The summed E-state index contributed by atoms with van der Waals surface area (Å²) < 4.78 is 0. The number of aromatic nitrogens is 1. The molecule has 0 aliphatic carbocycles. The van der Waals surface area contributed by atoms with Gasteiger partial charge in [-0.15, -0.1) is 0 Å². The van der Waals surface area contributed by atoms with Crippen molar-refractivity contribution in [2.45, 2.75) is 26.3 Å². The molecule has 1 aromatic rings. The molecule has 1 rings (SSSR count). The Morgan fingerprint density at radius 2 is 1.82 bits per heavy atom. The normalized spacial score (nSPS) is 10.1. The molecule has 0 saturated heterocycles. The Morgan fingerprint density at radius 1 is 1.24 bits per heavy atom. The summed E-state index contributed by atoms with van der Waals surface area (Å²) in [5.41, 5.74) is 0.380. The Morgan fingerprint density at radius 3 is 2.35 bits per heavy atom. The first kappa shape index (κ1) is 13.0. The summed E-state index contributed by atoms with van der Waals surface area (Å²) in [5, 5.41) is 2.45. The molecule has 90 valence electrons. The summed E-state index contributed by atoms with van der Waals surface area (Å²) in [5.74, 6) is -1.82. The van der Waals surface area contributed by atoms with Crippen molar-refractivity contribution >= 4 is 17.5 Å². The summed E-state index contributed by atoms with van der Waals surface area (Å²) in [7, 11) is 0. The number of amides is 1. The molecule has 5 heteroatoms. The van der Waals surface area contributed by atoms with Crippen LogP contribution < -0.4 is 5.32 Å². The third-order valence-corrected chi connectivity index (χ3v) is 2.00. The Labute approximate surface area is 99.2 Å². The number of carbonyl (C=O) groups excluding carboxylic acids is 3. The lowest BCUT2D eigenvalue weighted by Crippen LogP contribution is -2.36. The van der Waals surface area contributed by atoms with E-state index in [1.165, 1.54) is 24.5 Å². The number of ketones is 2. The van der Waals surface area contributed by atoms with Crippen LogP contribution in [0, 0.1) is 0 Å². The molecule has 0 aromatic carbocycles. The topological polar surface area (TPSA) is 76.1 Å². The highest BCUT2D eigenvalue weighted by atomic mass is 16.2. The van der Waals surface area contributed by atoms with Crippen LogP contribution in [0.15, 0.2) is 24.5 Å². The lowest BCUT2D eigenvalue weighted by molar-refractivity contribution is -0.137. The monoisotopic (exact) mass is 234 g/mol. The molecule has 5 nitrogen and oxygen atoms in total. The number of nitrogens with zero attached hydrogens (tertiary/aromatic N) is 1. The van der Waals surface area contributed by atoms with E-state index in [1.807, 2.05) is 0 Å². The minimum atomic E-state index is -0.722. The van der Waals surface area contributed by atoms with E-state index in [1.54, 1.807) is 13.8 Å². The van der Waals surface area contributed by atoms with Gasteiger partial charge in [-0.2, -0.15) is 0 Å².